The Morgan fingerprint density at radius 2 is 1.82 bits per heavy atom. The maximum absolute atomic E-state index is 5.86. The number of ether oxygens (including phenoxy) is 1. The number of methoxy groups -OCH3 is 1. The smallest absolute Gasteiger partial charge is 0.118 e. The van der Waals surface area contributed by atoms with E-state index in [1.807, 2.05) is 31.2 Å². The molecule has 0 aliphatic carbocycles. The second kappa shape index (κ2) is 3.63. The van der Waals surface area contributed by atoms with Gasteiger partial charge in [-0.05, 0) is 24.6 Å². The van der Waals surface area contributed by atoms with E-state index in [2.05, 4.69) is 0 Å². The Hall–Kier alpha value is -0.690. The van der Waals surface area contributed by atoms with Crippen LogP contribution in [-0.2, 0) is 0 Å². The van der Waals surface area contributed by atoms with Crippen molar-refractivity contribution in [3.63, 3.8) is 0 Å². The van der Waals surface area contributed by atoms with Gasteiger partial charge in [0.2, 0.25) is 0 Å². The fourth-order valence-corrected chi connectivity index (χ4v) is 1.01. The highest BCUT2D eigenvalue weighted by molar-refractivity contribution is 6.20. The number of rotatable bonds is 2. The zero-order valence-electron chi connectivity index (χ0n) is 6.67. The highest BCUT2D eigenvalue weighted by atomic mass is 35.5. The molecule has 1 atom stereocenters. The first-order chi connectivity index (χ1) is 5.24. The zero-order valence-corrected chi connectivity index (χ0v) is 7.43. The molecule has 0 saturated heterocycles. The molecule has 0 fully saturated rings. The lowest BCUT2D eigenvalue weighted by Crippen LogP contribution is -1.85. The molecule has 0 heterocycles. The number of hydrogen-bond donors (Lipinski definition) is 0. The number of hydrogen-bond acceptors (Lipinski definition) is 1. The topological polar surface area (TPSA) is 9.23 Å². The van der Waals surface area contributed by atoms with E-state index in [-0.39, 0.29) is 5.38 Å². The maximum atomic E-state index is 5.86. The van der Waals surface area contributed by atoms with Crippen molar-refractivity contribution in [3.8, 4) is 5.75 Å². The summed E-state index contributed by atoms with van der Waals surface area (Å²) in [6.07, 6.45) is 0. The highest BCUT2D eigenvalue weighted by Crippen LogP contribution is 2.21. The largest absolute Gasteiger partial charge is 0.497 e. The second-order valence-electron chi connectivity index (χ2n) is 2.39. The van der Waals surface area contributed by atoms with Crippen LogP contribution in [-0.4, -0.2) is 7.11 Å². The van der Waals surface area contributed by atoms with E-state index in [0.29, 0.717) is 0 Å². The van der Waals surface area contributed by atoms with Crippen LogP contribution < -0.4 is 4.74 Å². The van der Waals surface area contributed by atoms with Crippen molar-refractivity contribution in [2.75, 3.05) is 7.11 Å². The fraction of sp³-hybridized carbons (Fsp3) is 0.333. The van der Waals surface area contributed by atoms with Crippen molar-refractivity contribution < 1.29 is 4.74 Å². The van der Waals surface area contributed by atoms with Crippen LogP contribution in [0.5, 0.6) is 5.75 Å². The van der Waals surface area contributed by atoms with Crippen LogP contribution in [0.4, 0.5) is 0 Å². The molecule has 60 valence electrons. The number of alkyl halides is 1. The first-order valence-electron chi connectivity index (χ1n) is 3.52. The molecular weight excluding hydrogens is 160 g/mol. The summed E-state index contributed by atoms with van der Waals surface area (Å²) in [5.41, 5.74) is 1.12. The third-order valence-corrected chi connectivity index (χ3v) is 1.83. The van der Waals surface area contributed by atoms with Gasteiger partial charge in [0.1, 0.15) is 5.75 Å². The SMILES string of the molecule is COc1ccc([C@H](C)Cl)cc1. The molecule has 0 saturated carbocycles. The van der Waals surface area contributed by atoms with Crippen molar-refractivity contribution in [2.45, 2.75) is 12.3 Å². The standard InChI is InChI=1S/C9H11ClO/c1-7(10)8-3-5-9(11-2)6-4-8/h3-7H,1-2H3/t7-/m0/s1. The zero-order chi connectivity index (χ0) is 8.27. The molecular formula is C9H11ClO. The Morgan fingerprint density at radius 3 is 2.18 bits per heavy atom. The molecule has 0 amide bonds. The quantitative estimate of drug-likeness (QED) is 0.620. The van der Waals surface area contributed by atoms with Crippen molar-refractivity contribution in [3.05, 3.63) is 29.8 Å². The predicted molar refractivity (Wildman–Crippen MR) is 47.3 cm³/mol. The molecule has 0 unspecified atom stereocenters. The van der Waals surface area contributed by atoms with Crippen molar-refractivity contribution in [1.82, 2.24) is 0 Å². The first kappa shape index (κ1) is 8.41. The fourth-order valence-electron chi connectivity index (χ4n) is 0.869. The third kappa shape index (κ3) is 2.12. The molecule has 1 aromatic carbocycles. The molecule has 0 aliphatic rings. The first-order valence-corrected chi connectivity index (χ1v) is 3.95. The summed E-state index contributed by atoms with van der Waals surface area (Å²) in [6, 6.07) is 7.76. The molecule has 0 bridgehead atoms. The molecule has 1 nitrogen and oxygen atoms in total. The molecule has 1 aromatic rings. The third-order valence-electron chi connectivity index (χ3n) is 1.58. The van der Waals surface area contributed by atoms with E-state index in [4.69, 9.17) is 16.3 Å². The Kier molecular flexibility index (Phi) is 2.77. The second-order valence-corrected chi connectivity index (χ2v) is 3.04. The van der Waals surface area contributed by atoms with E-state index in [0.717, 1.165) is 11.3 Å². The average Bonchev–Trinajstić information content (AvgIpc) is 2.05. The minimum atomic E-state index is 0.0703. The van der Waals surface area contributed by atoms with Gasteiger partial charge in [-0.3, -0.25) is 0 Å². The van der Waals surface area contributed by atoms with Gasteiger partial charge in [-0.1, -0.05) is 12.1 Å². The van der Waals surface area contributed by atoms with Gasteiger partial charge < -0.3 is 4.74 Å². The van der Waals surface area contributed by atoms with Crippen LogP contribution >= 0.6 is 11.6 Å². The Balaban J connectivity index is 2.83. The molecule has 11 heavy (non-hydrogen) atoms. The van der Waals surface area contributed by atoms with Crippen LogP contribution in [0.15, 0.2) is 24.3 Å². The van der Waals surface area contributed by atoms with E-state index in [9.17, 15) is 0 Å². The molecule has 0 radical (unpaired) electrons. The van der Waals surface area contributed by atoms with Crippen molar-refractivity contribution in [1.29, 1.82) is 0 Å². The van der Waals surface area contributed by atoms with Crippen LogP contribution in [0.2, 0.25) is 0 Å². The summed E-state index contributed by atoms with van der Waals surface area (Å²) < 4.78 is 5.01. The number of benzene rings is 1. The van der Waals surface area contributed by atoms with E-state index in [1.54, 1.807) is 7.11 Å². The van der Waals surface area contributed by atoms with Crippen LogP contribution in [0.3, 0.4) is 0 Å². The minimum absolute atomic E-state index is 0.0703. The summed E-state index contributed by atoms with van der Waals surface area (Å²) in [7, 11) is 1.65. The van der Waals surface area contributed by atoms with Gasteiger partial charge in [0.15, 0.2) is 0 Å². The maximum Gasteiger partial charge on any atom is 0.118 e. The van der Waals surface area contributed by atoms with Crippen molar-refractivity contribution in [2.24, 2.45) is 0 Å². The molecule has 0 N–H and O–H groups in total. The van der Waals surface area contributed by atoms with Gasteiger partial charge >= 0.3 is 0 Å². The molecule has 2 heteroatoms. The molecule has 0 aromatic heterocycles. The Morgan fingerprint density at radius 1 is 1.27 bits per heavy atom. The van der Waals surface area contributed by atoms with Gasteiger partial charge in [0.25, 0.3) is 0 Å². The van der Waals surface area contributed by atoms with Gasteiger partial charge in [0.05, 0.1) is 12.5 Å². The Labute approximate surface area is 71.9 Å². The Bertz CT molecular complexity index is 216. The lowest BCUT2D eigenvalue weighted by atomic mass is 10.2. The highest BCUT2D eigenvalue weighted by Gasteiger charge is 1.99. The average molecular weight is 171 g/mol. The summed E-state index contributed by atoms with van der Waals surface area (Å²) >= 11 is 5.86. The molecule has 0 spiro atoms. The lowest BCUT2D eigenvalue weighted by Gasteiger charge is -2.03. The van der Waals surface area contributed by atoms with Gasteiger partial charge in [-0.2, -0.15) is 0 Å². The molecule has 1 rings (SSSR count). The van der Waals surface area contributed by atoms with E-state index >= 15 is 0 Å². The summed E-state index contributed by atoms with van der Waals surface area (Å²) in [5, 5.41) is 0.0703. The van der Waals surface area contributed by atoms with Crippen LogP contribution in [0, 0.1) is 0 Å². The summed E-state index contributed by atoms with van der Waals surface area (Å²) in [4.78, 5) is 0. The van der Waals surface area contributed by atoms with Gasteiger partial charge in [-0.25, -0.2) is 0 Å². The molecule has 0 aliphatic heterocycles. The van der Waals surface area contributed by atoms with Crippen LogP contribution in [0.25, 0.3) is 0 Å². The van der Waals surface area contributed by atoms with Crippen molar-refractivity contribution >= 4 is 11.6 Å². The van der Waals surface area contributed by atoms with E-state index < -0.39 is 0 Å². The van der Waals surface area contributed by atoms with Gasteiger partial charge in [0, 0.05) is 0 Å². The number of halogens is 1. The van der Waals surface area contributed by atoms with Gasteiger partial charge in [-0.15, -0.1) is 11.6 Å². The summed E-state index contributed by atoms with van der Waals surface area (Å²) in [5.74, 6) is 0.867. The van der Waals surface area contributed by atoms with E-state index in [1.165, 1.54) is 0 Å². The lowest BCUT2D eigenvalue weighted by molar-refractivity contribution is 0.414. The monoisotopic (exact) mass is 170 g/mol. The minimum Gasteiger partial charge on any atom is -0.497 e. The summed E-state index contributed by atoms with van der Waals surface area (Å²) in [6.45, 7) is 1.95. The predicted octanol–water partition coefficient (Wildman–Crippen LogP) is 3.00. The normalized spacial score (nSPS) is 12.6. The van der Waals surface area contributed by atoms with Crippen LogP contribution in [0.1, 0.15) is 17.9 Å².